The molecule has 2 aliphatic carbocycles. The molecule has 17 nitrogen and oxygen atoms in total. The third-order valence-electron chi connectivity index (χ3n) is 19.9. The van der Waals surface area contributed by atoms with E-state index in [4.69, 9.17) is 24.5 Å². The maximum absolute atomic E-state index is 14.3. The number of anilines is 2. The van der Waals surface area contributed by atoms with E-state index in [-0.39, 0.29) is 35.8 Å². The van der Waals surface area contributed by atoms with Crippen LogP contribution in [-0.4, -0.2) is 113 Å². The second-order valence-electron chi connectivity index (χ2n) is 25.2. The first-order chi connectivity index (χ1) is 45.3. The number of aromatic nitrogens is 6. The van der Waals surface area contributed by atoms with E-state index in [2.05, 4.69) is 102 Å². The summed E-state index contributed by atoms with van der Waals surface area (Å²) in [5.41, 5.74) is 18.4. The topological polar surface area (TPSA) is 199 Å². The molecule has 3 N–H and O–H groups in total. The highest BCUT2D eigenvalue weighted by Gasteiger charge is 2.35. The van der Waals surface area contributed by atoms with Crippen LogP contribution in [0.3, 0.4) is 0 Å². The molecule has 8 aromatic rings. The molecule has 2 fully saturated rings. The molecule has 4 aliphatic rings. The zero-order chi connectivity index (χ0) is 64.9. The number of hydrogen-bond donors (Lipinski definition) is 3. The van der Waals surface area contributed by atoms with E-state index in [9.17, 15) is 24.3 Å². The molecule has 0 radical (unpaired) electrons. The number of piperidine rings is 2. The number of nitrogens with zero attached hydrogens (tertiary/aromatic N) is 8. The molecule has 93 heavy (non-hydrogen) atoms. The number of aliphatic hydroxyl groups excluding tert-OH is 1. The van der Waals surface area contributed by atoms with Crippen LogP contribution in [0.25, 0.3) is 34.2 Å². The first kappa shape index (κ1) is 64.2. The molecule has 4 aromatic carbocycles. The standard InChI is InChI=1S/C76H88N10O7/c1-8-47-43-53(29-31-55(47)49-35-39-83(40-36-49)73(88)67(87)12-5)79-64-34-28-52-20-16-22-58(72(52)64)62-24-18-26-70(82-62)86-66(11-4)60(46-78-86)76(91)93-68(13-6)74(89)84-41-37-50(38-42-84)56-32-30-54(44-48(56)9-2)80-63-33-27-51-19-15-21-57(71(51)63)61-23-17-25-69(81-61)85-65(10-3)59(45-77-85)75(90)92-14-7/h15-26,29-32,43-46,49-50,63-64,67-68,79-80,87H,8-14,27-28,33-42H2,1-7H3/t63?,64?,67-,68-/m0/s1. The molecule has 17 heteroatoms. The Morgan fingerprint density at radius 1 is 0.538 bits per heavy atom. The zero-order valence-corrected chi connectivity index (χ0v) is 54.9. The van der Waals surface area contributed by atoms with Gasteiger partial charge in [-0.3, -0.25) is 9.59 Å². The minimum Gasteiger partial charge on any atom is -0.462 e. The average Bonchev–Trinajstić information content (AvgIpc) is 1.80. The fourth-order valence-electron chi connectivity index (χ4n) is 15.0. The Balaban J connectivity index is 0.675. The molecule has 2 aliphatic heterocycles. The van der Waals surface area contributed by atoms with E-state index in [0.717, 1.165) is 104 Å². The predicted molar refractivity (Wildman–Crippen MR) is 362 cm³/mol. The van der Waals surface area contributed by atoms with Crippen molar-refractivity contribution in [1.82, 2.24) is 39.3 Å². The van der Waals surface area contributed by atoms with E-state index < -0.39 is 18.2 Å². The maximum Gasteiger partial charge on any atom is 0.342 e. The van der Waals surface area contributed by atoms with Gasteiger partial charge in [-0.2, -0.15) is 10.2 Å². The number of amides is 2. The number of nitrogens with one attached hydrogen (secondary N) is 2. The molecule has 0 saturated carbocycles. The molecule has 2 unspecified atom stereocenters. The lowest BCUT2D eigenvalue weighted by Crippen LogP contribution is -2.45. The van der Waals surface area contributed by atoms with Crippen molar-refractivity contribution in [1.29, 1.82) is 0 Å². The van der Waals surface area contributed by atoms with Crippen LogP contribution in [-0.2, 0) is 57.6 Å². The number of aryl methyl sites for hydroxylation is 4. The monoisotopic (exact) mass is 1250 g/mol. The number of carbonyl (C=O) groups excluding carboxylic acids is 4. The first-order valence-electron chi connectivity index (χ1n) is 34.1. The highest BCUT2D eigenvalue weighted by molar-refractivity contribution is 5.93. The van der Waals surface area contributed by atoms with Gasteiger partial charge in [0.05, 0.1) is 53.9 Å². The van der Waals surface area contributed by atoms with Gasteiger partial charge < -0.3 is 35.0 Å². The second-order valence-corrected chi connectivity index (χ2v) is 25.2. The number of likely N-dealkylation sites (tertiary alicyclic amines) is 2. The summed E-state index contributed by atoms with van der Waals surface area (Å²) >= 11 is 0. The fourth-order valence-corrected chi connectivity index (χ4v) is 15.0. The number of fused-ring (bicyclic) bond motifs is 2. The Bertz CT molecular complexity index is 4040. The van der Waals surface area contributed by atoms with Gasteiger partial charge in [-0.05, 0) is 202 Å². The maximum atomic E-state index is 14.3. The van der Waals surface area contributed by atoms with Crippen molar-refractivity contribution < 1.29 is 33.8 Å². The summed E-state index contributed by atoms with van der Waals surface area (Å²) in [4.78, 5) is 68.0. The molecule has 12 rings (SSSR count). The summed E-state index contributed by atoms with van der Waals surface area (Å²) in [6.45, 7) is 16.7. The Kier molecular flexibility index (Phi) is 19.7. The number of rotatable bonds is 22. The molecule has 4 atom stereocenters. The van der Waals surface area contributed by atoms with Gasteiger partial charge in [0.2, 0.25) is 0 Å². The summed E-state index contributed by atoms with van der Waals surface area (Å²) in [5, 5.41) is 27.3. The number of carbonyl (C=O) groups is 4. The summed E-state index contributed by atoms with van der Waals surface area (Å²) in [6, 6.07) is 38.5. The van der Waals surface area contributed by atoms with Gasteiger partial charge >= 0.3 is 11.9 Å². The lowest BCUT2D eigenvalue weighted by atomic mass is 9.85. The van der Waals surface area contributed by atoms with Crippen LogP contribution in [0.1, 0.15) is 200 Å². The molecular formula is C76H88N10O7. The van der Waals surface area contributed by atoms with E-state index >= 15 is 0 Å². The molecular weight excluding hydrogens is 1160 g/mol. The van der Waals surface area contributed by atoms with Crippen molar-refractivity contribution in [2.75, 3.05) is 43.4 Å². The molecule has 2 amide bonds. The first-order valence-corrected chi connectivity index (χ1v) is 34.1. The second kappa shape index (κ2) is 28.5. The van der Waals surface area contributed by atoms with Crippen LogP contribution in [0.5, 0.6) is 0 Å². The van der Waals surface area contributed by atoms with Gasteiger partial charge in [-0.15, -0.1) is 0 Å². The summed E-state index contributed by atoms with van der Waals surface area (Å²) in [7, 11) is 0. The van der Waals surface area contributed by atoms with Gasteiger partial charge in [0.1, 0.15) is 17.2 Å². The summed E-state index contributed by atoms with van der Waals surface area (Å²) in [6.07, 6.45) is 12.0. The van der Waals surface area contributed by atoms with Crippen LogP contribution in [0, 0.1) is 0 Å². The van der Waals surface area contributed by atoms with Crippen molar-refractivity contribution in [3.8, 4) is 34.2 Å². The molecule has 2 saturated heterocycles. The van der Waals surface area contributed by atoms with Crippen molar-refractivity contribution in [3.63, 3.8) is 0 Å². The average molecular weight is 1250 g/mol. The van der Waals surface area contributed by atoms with Crippen LogP contribution in [0.15, 0.2) is 122 Å². The number of esters is 2. The summed E-state index contributed by atoms with van der Waals surface area (Å²) < 4.78 is 14.9. The van der Waals surface area contributed by atoms with Gasteiger partial charge in [0.15, 0.2) is 17.7 Å². The minimum absolute atomic E-state index is 0.0689. The van der Waals surface area contributed by atoms with Crippen molar-refractivity contribution >= 4 is 35.1 Å². The Hall–Kier alpha value is -8.96. The number of ether oxygens (including phenoxy) is 2. The van der Waals surface area contributed by atoms with Crippen molar-refractivity contribution in [3.05, 3.63) is 189 Å². The van der Waals surface area contributed by atoms with Crippen LogP contribution in [0.4, 0.5) is 11.4 Å². The fraction of sp³-hybridized carbons (Fsp3) is 0.421. The third kappa shape index (κ3) is 13.1. The van der Waals surface area contributed by atoms with Crippen molar-refractivity contribution in [2.24, 2.45) is 0 Å². The largest absolute Gasteiger partial charge is 0.462 e. The summed E-state index contributed by atoms with van der Waals surface area (Å²) in [5.74, 6) is 0.594. The third-order valence-corrected chi connectivity index (χ3v) is 19.9. The van der Waals surface area contributed by atoms with Gasteiger partial charge in [0.25, 0.3) is 11.8 Å². The Labute approximate surface area is 546 Å². The molecule has 0 bridgehead atoms. The Morgan fingerprint density at radius 3 is 1.44 bits per heavy atom. The number of aliphatic hydroxyl groups is 1. The van der Waals surface area contributed by atoms with E-state index in [1.54, 1.807) is 28.7 Å². The number of pyridine rings is 2. The molecule has 4 aromatic heterocycles. The zero-order valence-electron chi connectivity index (χ0n) is 54.9. The highest BCUT2D eigenvalue weighted by Crippen LogP contribution is 2.44. The quantitative estimate of drug-likeness (QED) is 0.0542. The van der Waals surface area contributed by atoms with Crippen molar-refractivity contribution in [2.45, 2.75) is 174 Å². The lowest BCUT2D eigenvalue weighted by Gasteiger charge is -2.35. The molecule has 6 heterocycles. The molecule has 484 valence electrons. The normalized spacial score (nSPS) is 17.2. The van der Waals surface area contributed by atoms with Gasteiger partial charge in [0, 0.05) is 48.7 Å². The van der Waals surface area contributed by atoms with Crippen LogP contribution >= 0.6 is 0 Å². The van der Waals surface area contributed by atoms with Crippen LogP contribution < -0.4 is 10.6 Å². The smallest absolute Gasteiger partial charge is 0.342 e. The van der Waals surface area contributed by atoms with E-state index in [0.29, 0.717) is 92.8 Å². The van der Waals surface area contributed by atoms with E-state index in [1.807, 2.05) is 73.9 Å². The highest BCUT2D eigenvalue weighted by atomic mass is 16.5. The van der Waals surface area contributed by atoms with Gasteiger partial charge in [-0.25, -0.2) is 28.9 Å². The SMILES string of the molecule is CCOC(=O)c1cnn(-c2cccc(-c3cccc4c3C(Nc3ccc(C5CCN(C(=O)[C@H](CC)OC(=O)c6cnn(-c7cccc(-c8cccc9c8C(Nc8ccc(C%10CCN(C(=O)[C@@H](O)CC)CC%10)c(CC)c8)CC9)n7)c6CC)CC5)c(CC)c3)CC4)n2)c1CC. The van der Waals surface area contributed by atoms with Gasteiger partial charge in [-0.1, -0.05) is 102 Å². The lowest BCUT2D eigenvalue weighted by molar-refractivity contribution is -0.142. The number of hydrogen-bond acceptors (Lipinski definition) is 13. The Morgan fingerprint density at radius 2 is 1.00 bits per heavy atom. The molecule has 0 spiro atoms. The van der Waals surface area contributed by atoms with Crippen LogP contribution in [0.2, 0.25) is 0 Å². The minimum atomic E-state index is -0.936. The predicted octanol–water partition coefficient (Wildman–Crippen LogP) is 13.6. The van der Waals surface area contributed by atoms with E-state index in [1.165, 1.54) is 44.5 Å². The number of benzene rings is 4.